The normalized spacial score (nSPS) is 26.0. The summed E-state index contributed by atoms with van der Waals surface area (Å²) in [5.41, 5.74) is 0. The lowest BCUT2D eigenvalue weighted by Crippen LogP contribution is -2.17. The van der Waals surface area contributed by atoms with E-state index in [1.54, 1.807) is 0 Å². The highest BCUT2D eigenvalue weighted by atomic mass is 16.5. The van der Waals surface area contributed by atoms with Crippen LogP contribution in [0, 0.1) is 5.92 Å². The molecule has 2 aliphatic rings. The van der Waals surface area contributed by atoms with E-state index in [0.29, 0.717) is 12.3 Å². The van der Waals surface area contributed by atoms with Gasteiger partial charge < -0.3 is 4.52 Å². The van der Waals surface area contributed by atoms with Crippen molar-refractivity contribution in [3.05, 3.63) is 11.7 Å². The van der Waals surface area contributed by atoms with Gasteiger partial charge in [0.05, 0.1) is 5.92 Å². The maximum absolute atomic E-state index is 11.7. The average molecular weight is 220 g/mol. The Kier molecular flexibility index (Phi) is 2.50. The zero-order chi connectivity index (χ0) is 11.0. The van der Waals surface area contributed by atoms with Crippen LogP contribution in [0.3, 0.4) is 0 Å². The van der Waals surface area contributed by atoms with Crippen LogP contribution in [0.2, 0.25) is 0 Å². The molecular formula is C12H16N2O2. The zero-order valence-electron chi connectivity index (χ0n) is 9.32. The largest absolute Gasteiger partial charge is 0.339 e. The zero-order valence-corrected chi connectivity index (χ0v) is 9.32. The van der Waals surface area contributed by atoms with Crippen LogP contribution in [0.5, 0.6) is 0 Å². The molecule has 1 atom stereocenters. The van der Waals surface area contributed by atoms with Gasteiger partial charge in [-0.05, 0) is 31.6 Å². The molecule has 3 rings (SSSR count). The fraction of sp³-hybridized carbons (Fsp3) is 0.750. The van der Waals surface area contributed by atoms with Crippen molar-refractivity contribution in [2.24, 2.45) is 5.92 Å². The fourth-order valence-electron chi connectivity index (χ4n) is 2.32. The third-order valence-corrected chi connectivity index (χ3v) is 3.50. The summed E-state index contributed by atoms with van der Waals surface area (Å²) in [5.74, 6) is 2.26. The Morgan fingerprint density at radius 2 is 2.12 bits per heavy atom. The van der Waals surface area contributed by atoms with E-state index in [0.717, 1.165) is 37.4 Å². The monoisotopic (exact) mass is 220 g/mol. The van der Waals surface area contributed by atoms with Crippen molar-refractivity contribution in [2.45, 2.75) is 50.9 Å². The first-order valence-corrected chi connectivity index (χ1v) is 6.18. The minimum Gasteiger partial charge on any atom is -0.339 e. The summed E-state index contributed by atoms with van der Waals surface area (Å²) in [5, 5.41) is 3.97. The van der Waals surface area contributed by atoms with E-state index in [1.807, 2.05) is 0 Å². The van der Waals surface area contributed by atoms with Crippen molar-refractivity contribution >= 4 is 5.78 Å². The molecule has 1 unspecified atom stereocenters. The third-order valence-electron chi connectivity index (χ3n) is 3.50. The number of hydrogen-bond acceptors (Lipinski definition) is 4. The molecule has 0 saturated heterocycles. The molecule has 2 aliphatic carbocycles. The van der Waals surface area contributed by atoms with Crippen molar-refractivity contribution in [2.75, 3.05) is 0 Å². The van der Waals surface area contributed by atoms with Gasteiger partial charge in [-0.3, -0.25) is 4.79 Å². The number of nitrogens with zero attached hydrogens (tertiary/aromatic N) is 2. The Bertz CT molecular complexity index is 395. The highest BCUT2D eigenvalue weighted by Gasteiger charge is 2.30. The van der Waals surface area contributed by atoms with Crippen molar-refractivity contribution in [3.8, 4) is 0 Å². The van der Waals surface area contributed by atoms with Crippen molar-refractivity contribution in [3.63, 3.8) is 0 Å². The first-order chi connectivity index (χ1) is 7.83. The molecule has 0 bridgehead atoms. The van der Waals surface area contributed by atoms with Gasteiger partial charge in [0.15, 0.2) is 5.82 Å². The molecule has 4 nitrogen and oxygen atoms in total. The topological polar surface area (TPSA) is 56.0 Å². The standard InChI is InChI=1S/C12H16N2O2/c15-10-4-2-1-3-9(10)12-13-11(14-16-12)7-8-5-6-8/h8-9H,1-7H2. The molecule has 1 heterocycles. The van der Waals surface area contributed by atoms with Crippen LogP contribution in [0.4, 0.5) is 0 Å². The summed E-state index contributed by atoms with van der Waals surface area (Å²) < 4.78 is 5.22. The summed E-state index contributed by atoms with van der Waals surface area (Å²) in [6.45, 7) is 0. The van der Waals surface area contributed by atoms with Crippen molar-refractivity contribution < 1.29 is 9.32 Å². The van der Waals surface area contributed by atoms with Gasteiger partial charge in [-0.15, -0.1) is 0 Å². The number of rotatable bonds is 3. The van der Waals surface area contributed by atoms with E-state index in [2.05, 4.69) is 10.1 Å². The number of ketones is 1. The predicted octanol–water partition coefficient (Wildman–Crippen LogP) is 2.25. The minimum absolute atomic E-state index is 0.116. The Labute approximate surface area is 94.4 Å². The van der Waals surface area contributed by atoms with E-state index in [-0.39, 0.29) is 11.7 Å². The highest BCUT2D eigenvalue weighted by Crippen LogP contribution is 2.33. The second-order valence-corrected chi connectivity index (χ2v) is 4.96. The molecule has 0 aliphatic heterocycles. The van der Waals surface area contributed by atoms with Crippen LogP contribution in [-0.4, -0.2) is 15.9 Å². The van der Waals surface area contributed by atoms with Gasteiger partial charge in [-0.25, -0.2) is 0 Å². The lowest BCUT2D eigenvalue weighted by molar-refractivity contribution is -0.122. The summed E-state index contributed by atoms with van der Waals surface area (Å²) >= 11 is 0. The van der Waals surface area contributed by atoms with E-state index in [9.17, 15) is 4.79 Å². The molecule has 86 valence electrons. The summed E-state index contributed by atoms with van der Waals surface area (Å²) in [6.07, 6.45) is 7.15. The Morgan fingerprint density at radius 3 is 2.88 bits per heavy atom. The van der Waals surface area contributed by atoms with Crippen LogP contribution >= 0.6 is 0 Å². The summed E-state index contributed by atoms with van der Waals surface area (Å²) in [4.78, 5) is 16.1. The number of hydrogen-bond donors (Lipinski definition) is 0. The number of carbonyl (C=O) groups excluding carboxylic acids is 1. The van der Waals surface area contributed by atoms with Crippen molar-refractivity contribution in [1.82, 2.24) is 10.1 Å². The molecule has 4 heteroatoms. The van der Waals surface area contributed by atoms with Crippen LogP contribution in [0.25, 0.3) is 0 Å². The van der Waals surface area contributed by atoms with E-state index in [4.69, 9.17) is 4.52 Å². The number of Topliss-reactive ketones (excluding diaryl/α,β-unsaturated/α-hetero) is 1. The molecule has 2 fully saturated rings. The van der Waals surface area contributed by atoms with Gasteiger partial charge in [0.1, 0.15) is 5.78 Å². The second-order valence-electron chi connectivity index (χ2n) is 4.96. The van der Waals surface area contributed by atoms with Gasteiger partial charge in [-0.1, -0.05) is 11.6 Å². The van der Waals surface area contributed by atoms with Gasteiger partial charge in [0.2, 0.25) is 5.89 Å². The maximum atomic E-state index is 11.7. The first kappa shape index (κ1) is 10.00. The number of carbonyl (C=O) groups is 1. The Morgan fingerprint density at radius 1 is 1.25 bits per heavy atom. The van der Waals surface area contributed by atoms with E-state index >= 15 is 0 Å². The minimum atomic E-state index is -0.116. The molecule has 0 N–H and O–H groups in total. The van der Waals surface area contributed by atoms with Gasteiger partial charge in [-0.2, -0.15) is 4.98 Å². The van der Waals surface area contributed by atoms with Crippen LogP contribution < -0.4 is 0 Å². The maximum Gasteiger partial charge on any atom is 0.237 e. The van der Waals surface area contributed by atoms with Crippen LogP contribution in [-0.2, 0) is 11.2 Å². The second kappa shape index (κ2) is 4.00. The molecule has 0 radical (unpaired) electrons. The van der Waals surface area contributed by atoms with E-state index < -0.39 is 0 Å². The highest BCUT2D eigenvalue weighted by molar-refractivity contribution is 5.85. The molecule has 16 heavy (non-hydrogen) atoms. The first-order valence-electron chi connectivity index (χ1n) is 6.18. The summed E-state index contributed by atoms with van der Waals surface area (Å²) in [7, 11) is 0. The number of aromatic nitrogens is 2. The van der Waals surface area contributed by atoms with Crippen LogP contribution in [0.15, 0.2) is 4.52 Å². The SMILES string of the molecule is O=C1CCCCC1c1nc(CC2CC2)no1. The Balaban J connectivity index is 1.72. The molecular weight excluding hydrogens is 204 g/mol. The molecule has 0 amide bonds. The van der Waals surface area contributed by atoms with Gasteiger partial charge in [0.25, 0.3) is 0 Å². The average Bonchev–Trinajstić information content (AvgIpc) is 2.97. The smallest absolute Gasteiger partial charge is 0.237 e. The molecule has 2 saturated carbocycles. The molecule has 1 aromatic heterocycles. The van der Waals surface area contributed by atoms with Gasteiger partial charge in [0, 0.05) is 12.8 Å². The van der Waals surface area contributed by atoms with E-state index in [1.165, 1.54) is 12.8 Å². The molecule has 0 aromatic carbocycles. The fourth-order valence-corrected chi connectivity index (χ4v) is 2.32. The predicted molar refractivity (Wildman–Crippen MR) is 56.9 cm³/mol. The lowest BCUT2D eigenvalue weighted by Gasteiger charge is -2.16. The third kappa shape index (κ3) is 2.01. The van der Waals surface area contributed by atoms with Crippen molar-refractivity contribution in [1.29, 1.82) is 0 Å². The lowest BCUT2D eigenvalue weighted by atomic mass is 9.88. The molecule has 1 aromatic rings. The quantitative estimate of drug-likeness (QED) is 0.784. The Hall–Kier alpha value is -1.19. The van der Waals surface area contributed by atoms with Gasteiger partial charge >= 0.3 is 0 Å². The van der Waals surface area contributed by atoms with Crippen LogP contribution in [0.1, 0.15) is 56.2 Å². The molecule has 0 spiro atoms. The summed E-state index contributed by atoms with van der Waals surface area (Å²) in [6, 6.07) is 0.